The monoisotopic (exact) mass is 366 g/mol. The van der Waals surface area contributed by atoms with Crippen LogP contribution in [0.1, 0.15) is 24.5 Å². The van der Waals surface area contributed by atoms with Gasteiger partial charge in [0.05, 0.1) is 12.3 Å². The molecule has 0 saturated carbocycles. The lowest BCUT2D eigenvalue weighted by atomic mass is 10.3. The molecule has 3 aromatic rings. The molecule has 1 N–H and O–H groups in total. The van der Waals surface area contributed by atoms with E-state index in [9.17, 15) is 8.42 Å². The first-order valence-electron chi connectivity index (χ1n) is 7.55. The number of rotatable bonds is 6. The standard InChI is InChI=1S/C15H18N4O3S2/c1-4-13-14(19-15(16-13)23-10(3)17-19)24(20,21)18-11-6-8-12(9-7-11)22-5-2/h6-9,18H,4-5H2,1-3H3. The van der Waals surface area contributed by atoms with Gasteiger partial charge in [-0.05, 0) is 44.5 Å². The van der Waals surface area contributed by atoms with Gasteiger partial charge in [-0.1, -0.05) is 18.3 Å². The minimum absolute atomic E-state index is 0.0956. The summed E-state index contributed by atoms with van der Waals surface area (Å²) in [5.41, 5.74) is 0.967. The van der Waals surface area contributed by atoms with Crippen LogP contribution < -0.4 is 9.46 Å². The molecule has 0 radical (unpaired) electrons. The number of imidazole rings is 1. The molecule has 9 heteroatoms. The van der Waals surface area contributed by atoms with Crippen molar-refractivity contribution in [3.8, 4) is 5.75 Å². The summed E-state index contributed by atoms with van der Waals surface area (Å²) in [7, 11) is -3.80. The first kappa shape index (κ1) is 16.7. The Bertz CT molecular complexity index is 959. The highest BCUT2D eigenvalue weighted by Gasteiger charge is 2.26. The second-order valence-electron chi connectivity index (χ2n) is 5.10. The molecule has 0 bridgehead atoms. The van der Waals surface area contributed by atoms with Crippen LogP contribution in [-0.2, 0) is 16.4 Å². The van der Waals surface area contributed by atoms with Gasteiger partial charge in [-0.2, -0.15) is 18.0 Å². The Morgan fingerprint density at radius 2 is 1.96 bits per heavy atom. The molecule has 0 saturated heterocycles. The zero-order valence-electron chi connectivity index (χ0n) is 13.6. The summed E-state index contributed by atoms with van der Waals surface area (Å²) in [6.07, 6.45) is 0.509. The van der Waals surface area contributed by atoms with Crippen LogP contribution in [0.4, 0.5) is 5.69 Å². The van der Waals surface area contributed by atoms with Gasteiger partial charge in [0.15, 0.2) is 0 Å². The van der Waals surface area contributed by atoms with Gasteiger partial charge in [0.1, 0.15) is 10.8 Å². The number of benzene rings is 1. The zero-order chi connectivity index (χ0) is 17.3. The SMILES string of the molecule is CCOc1ccc(NS(=O)(=O)c2c(CC)nc3sc(C)nn23)cc1. The maximum atomic E-state index is 12.8. The predicted octanol–water partition coefficient (Wildman–Crippen LogP) is 2.86. The number of fused-ring (bicyclic) bond motifs is 1. The molecule has 24 heavy (non-hydrogen) atoms. The third-order valence-electron chi connectivity index (χ3n) is 3.34. The Kier molecular flexibility index (Phi) is 4.46. The molecule has 128 valence electrons. The topological polar surface area (TPSA) is 85.6 Å². The minimum Gasteiger partial charge on any atom is -0.494 e. The van der Waals surface area contributed by atoms with Crippen molar-refractivity contribution in [1.29, 1.82) is 0 Å². The van der Waals surface area contributed by atoms with E-state index in [0.29, 0.717) is 35.1 Å². The van der Waals surface area contributed by atoms with Crippen molar-refractivity contribution in [1.82, 2.24) is 14.6 Å². The lowest BCUT2D eigenvalue weighted by Crippen LogP contribution is -2.17. The number of anilines is 1. The van der Waals surface area contributed by atoms with Gasteiger partial charge >= 0.3 is 0 Å². The maximum absolute atomic E-state index is 12.8. The molecule has 0 aliphatic carbocycles. The molecule has 0 aliphatic rings. The third kappa shape index (κ3) is 3.09. The van der Waals surface area contributed by atoms with Crippen molar-refractivity contribution in [2.24, 2.45) is 0 Å². The van der Waals surface area contributed by atoms with Gasteiger partial charge < -0.3 is 4.74 Å². The molecule has 0 amide bonds. The number of hydrogen-bond donors (Lipinski definition) is 1. The lowest BCUT2D eigenvalue weighted by Gasteiger charge is -2.09. The minimum atomic E-state index is -3.80. The fourth-order valence-corrected chi connectivity index (χ4v) is 4.57. The van der Waals surface area contributed by atoms with Crippen molar-refractivity contribution in [2.45, 2.75) is 32.2 Å². The van der Waals surface area contributed by atoms with Crippen LogP contribution in [0, 0.1) is 6.92 Å². The number of hydrogen-bond acceptors (Lipinski definition) is 6. The van der Waals surface area contributed by atoms with Crippen LogP contribution >= 0.6 is 11.3 Å². The average molecular weight is 366 g/mol. The zero-order valence-corrected chi connectivity index (χ0v) is 15.2. The first-order valence-corrected chi connectivity index (χ1v) is 9.85. The van der Waals surface area contributed by atoms with E-state index in [1.54, 1.807) is 24.3 Å². The molecule has 0 unspecified atom stereocenters. The first-order chi connectivity index (χ1) is 11.4. The fraction of sp³-hybridized carbons (Fsp3) is 0.333. The highest BCUT2D eigenvalue weighted by atomic mass is 32.2. The molecular formula is C15H18N4O3S2. The Labute approximate surface area is 144 Å². The van der Waals surface area contributed by atoms with Gasteiger partial charge in [0, 0.05) is 5.69 Å². The van der Waals surface area contributed by atoms with Crippen LogP contribution in [0.5, 0.6) is 5.75 Å². The Balaban J connectivity index is 1.98. The van der Waals surface area contributed by atoms with Gasteiger partial charge in [-0.3, -0.25) is 4.72 Å². The third-order valence-corrected chi connectivity index (χ3v) is 5.58. The number of nitrogens with one attached hydrogen (secondary N) is 1. The normalized spacial score (nSPS) is 11.8. The quantitative estimate of drug-likeness (QED) is 0.725. The summed E-state index contributed by atoms with van der Waals surface area (Å²) in [4.78, 5) is 4.96. The molecule has 0 atom stereocenters. The average Bonchev–Trinajstić information content (AvgIpc) is 3.04. The summed E-state index contributed by atoms with van der Waals surface area (Å²) in [6.45, 7) is 6.14. The van der Waals surface area contributed by atoms with E-state index in [1.807, 2.05) is 20.8 Å². The van der Waals surface area contributed by atoms with Crippen LogP contribution in [0.2, 0.25) is 0 Å². The van der Waals surface area contributed by atoms with Crippen LogP contribution in [-0.4, -0.2) is 29.6 Å². The highest BCUT2D eigenvalue weighted by molar-refractivity contribution is 7.92. The molecular weight excluding hydrogens is 348 g/mol. The van der Waals surface area contributed by atoms with Gasteiger partial charge in [0.25, 0.3) is 10.0 Å². The van der Waals surface area contributed by atoms with Gasteiger partial charge in [0.2, 0.25) is 9.99 Å². The second-order valence-corrected chi connectivity index (χ2v) is 7.85. The summed E-state index contributed by atoms with van der Waals surface area (Å²) < 4.78 is 35.0. The highest BCUT2D eigenvalue weighted by Crippen LogP contribution is 2.25. The Morgan fingerprint density at radius 1 is 1.25 bits per heavy atom. The van der Waals surface area contributed by atoms with Crippen molar-refractivity contribution in [3.05, 3.63) is 35.0 Å². The number of aryl methyl sites for hydroxylation is 2. The maximum Gasteiger partial charge on any atom is 0.281 e. The molecule has 2 aromatic heterocycles. The molecule has 7 nitrogen and oxygen atoms in total. The predicted molar refractivity (Wildman–Crippen MR) is 93.4 cm³/mol. The Hall–Kier alpha value is -2.13. The van der Waals surface area contributed by atoms with Crippen molar-refractivity contribution >= 4 is 32.0 Å². The van der Waals surface area contributed by atoms with E-state index < -0.39 is 10.0 Å². The molecule has 3 rings (SSSR count). The molecule has 0 fully saturated rings. The fourth-order valence-electron chi connectivity index (χ4n) is 2.36. The van der Waals surface area contributed by atoms with Crippen LogP contribution in [0.3, 0.4) is 0 Å². The summed E-state index contributed by atoms with van der Waals surface area (Å²) in [5, 5.41) is 5.12. The van der Waals surface area contributed by atoms with E-state index in [2.05, 4.69) is 14.8 Å². The molecule has 0 spiro atoms. The second kappa shape index (κ2) is 6.40. The molecule has 1 aromatic carbocycles. The van der Waals surface area contributed by atoms with Gasteiger partial charge in [-0.25, -0.2) is 4.98 Å². The van der Waals surface area contributed by atoms with E-state index in [0.717, 1.165) is 5.01 Å². The summed E-state index contributed by atoms with van der Waals surface area (Å²) in [5.74, 6) is 0.691. The molecule has 2 heterocycles. The lowest BCUT2D eigenvalue weighted by molar-refractivity contribution is 0.340. The largest absolute Gasteiger partial charge is 0.494 e. The summed E-state index contributed by atoms with van der Waals surface area (Å²) >= 11 is 1.36. The smallest absolute Gasteiger partial charge is 0.281 e. The van der Waals surface area contributed by atoms with Crippen molar-refractivity contribution < 1.29 is 13.2 Å². The Morgan fingerprint density at radius 3 is 2.58 bits per heavy atom. The molecule has 0 aliphatic heterocycles. The number of sulfonamides is 1. The summed E-state index contributed by atoms with van der Waals surface area (Å²) in [6, 6.07) is 6.78. The van der Waals surface area contributed by atoms with E-state index in [1.165, 1.54) is 15.9 Å². The number of ether oxygens (including phenoxy) is 1. The van der Waals surface area contributed by atoms with Gasteiger partial charge in [-0.15, -0.1) is 0 Å². The van der Waals surface area contributed by atoms with E-state index in [-0.39, 0.29) is 5.03 Å². The van der Waals surface area contributed by atoms with Crippen molar-refractivity contribution in [2.75, 3.05) is 11.3 Å². The van der Waals surface area contributed by atoms with Crippen molar-refractivity contribution in [3.63, 3.8) is 0 Å². The number of nitrogens with zero attached hydrogens (tertiary/aromatic N) is 3. The van der Waals surface area contributed by atoms with E-state index >= 15 is 0 Å². The van der Waals surface area contributed by atoms with Crippen LogP contribution in [0.25, 0.3) is 4.96 Å². The van der Waals surface area contributed by atoms with E-state index in [4.69, 9.17) is 4.74 Å². The van der Waals surface area contributed by atoms with Crippen LogP contribution in [0.15, 0.2) is 29.3 Å². The number of aromatic nitrogens is 3.